The fraction of sp³-hybridized carbons (Fsp3) is 0.462. The Morgan fingerprint density at radius 1 is 1.20 bits per heavy atom. The van der Waals surface area contributed by atoms with E-state index in [9.17, 15) is 9.36 Å². The Bertz CT molecular complexity index is 480. The maximum Gasteiger partial charge on any atom is 0.331 e. The molecule has 0 aromatic heterocycles. The van der Waals surface area contributed by atoms with Gasteiger partial charge in [0.2, 0.25) is 0 Å². The molecule has 0 aliphatic heterocycles. The van der Waals surface area contributed by atoms with E-state index in [0.717, 1.165) is 5.56 Å². The SMILES string of the molecule is COC(=O)[C@H](Cc1ccc(Cl)cc1)CP(=O)(OC)OC. The van der Waals surface area contributed by atoms with E-state index in [1.165, 1.54) is 21.3 Å². The summed E-state index contributed by atoms with van der Waals surface area (Å²) >= 11 is 5.81. The zero-order chi connectivity index (χ0) is 15.2. The van der Waals surface area contributed by atoms with Crippen molar-refractivity contribution in [3.05, 3.63) is 34.9 Å². The van der Waals surface area contributed by atoms with Gasteiger partial charge in [0.15, 0.2) is 0 Å². The number of esters is 1. The summed E-state index contributed by atoms with van der Waals surface area (Å²) in [5, 5.41) is 0.614. The number of halogens is 1. The molecule has 0 aliphatic rings. The molecule has 7 heteroatoms. The molecule has 0 heterocycles. The minimum Gasteiger partial charge on any atom is -0.469 e. The molecular weight excluding hydrogens is 303 g/mol. The van der Waals surface area contributed by atoms with E-state index in [2.05, 4.69) is 0 Å². The van der Waals surface area contributed by atoms with Crippen molar-refractivity contribution in [2.45, 2.75) is 6.42 Å². The standard InChI is InChI=1S/C13H18ClO5P/c1-17-13(15)11(9-20(16,18-2)19-3)8-10-4-6-12(14)7-5-10/h4-7,11H,8-9H2,1-3H3/t11-/m1/s1. The summed E-state index contributed by atoms with van der Waals surface area (Å²) in [6, 6.07) is 7.08. The summed E-state index contributed by atoms with van der Waals surface area (Å²) in [4.78, 5) is 11.8. The van der Waals surface area contributed by atoms with Crippen molar-refractivity contribution in [2.24, 2.45) is 5.92 Å². The number of hydrogen-bond acceptors (Lipinski definition) is 5. The highest BCUT2D eigenvalue weighted by Gasteiger charge is 2.31. The second-order valence-electron chi connectivity index (χ2n) is 4.21. The first-order valence-corrected chi connectivity index (χ1v) is 8.07. The molecule has 0 aliphatic carbocycles. The van der Waals surface area contributed by atoms with Gasteiger partial charge in [0.05, 0.1) is 19.2 Å². The Balaban J connectivity index is 2.87. The number of hydrogen-bond donors (Lipinski definition) is 0. The molecule has 0 unspecified atom stereocenters. The molecule has 1 aromatic carbocycles. The third-order valence-electron chi connectivity index (χ3n) is 2.93. The van der Waals surface area contributed by atoms with Crippen LogP contribution in [0.5, 0.6) is 0 Å². The number of benzene rings is 1. The van der Waals surface area contributed by atoms with Gasteiger partial charge in [-0.2, -0.15) is 0 Å². The second kappa shape index (κ2) is 7.79. The van der Waals surface area contributed by atoms with Crippen LogP contribution in [-0.4, -0.2) is 33.5 Å². The van der Waals surface area contributed by atoms with Crippen molar-refractivity contribution in [3.63, 3.8) is 0 Å². The minimum absolute atomic E-state index is 0.0324. The van der Waals surface area contributed by atoms with Crippen LogP contribution in [0.4, 0.5) is 0 Å². The van der Waals surface area contributed by atoms with Crippen LogP contribution < -0.4 is 0 Å². The van der Waals surface area contributed by atoms with Gasteiger partial charge in [-0.1, -0.05) is 23.7 Å². The largest absolute Gasteiger partial charge is 0.469 e. The lowest BCUT2D eigenvalue weighted by molar-refractivity contribution is -0.144. The zero-order valence-electron chi connectivity index (χ0n) is 11.7. The van der Waals surface area contributed by atoms with Crippen molar-refractivity contribution < 1.29 is 23.1 Å². The van der Waals surface area contributed by atoms with Crippen molar-refractivity contribution >= 4 is 25.2 Å². The van der Waals surface area contributed by atoms with Gasteiger partial charge >= 0.3 is 13.6 Å². The van der Waals surface area contributed by atoms with E-state index in [-0.39, 0.29) is 6.16 Å². The summed E-state index contributed by atoms with van der Waals surface area (Å²) in [6.45, 7) is 0. The first kappa shape index (κ1) is 17.2. The van der Waals surface area contributed by atoms with Crippen LogP contribution in [0.3, 0.4) is 0 Å². The number of methoxy groups -OCH3 is 1. The van der Waals surface area contributed by atoms with Gasteiger partial charge in [-0.3, -0.25) is 9.36 Å². The van der Waals surface area contributed by atoms with Crippen LogP contribution in [0.1, 0.15) is 5.56 Å². The molecule has 0 bridgehead atoms. The Hall–Kier alpha value is -0.870. The van der Waals surface area contributed by atoms with E-state index >= 15 is 0 Å². The van der Waals surface area contributed by atoms with Gasteiger partial charge in [0, 0.05) is 19.2 Å². The van der Waals surface area contributed by atoms with Crippen molar-refractivity contribution in [1.29, 1.82) is 0 Å². The van der Waals surface area contributed by atoms with Crippen LogP contribution >= 0.6 is 19.2 Å². The summed E-state index contributed by atoms with van der Waals surface area (Å²) in [5.41, 5.74) is 0.892. The molecule has 112 valence electrons. The van der Waals surface area contributed by atoms with Crippen LogP contribution in [0.2, 0.25) is 5.02 Å². The van der Waals surface area contributed by atoms with Gasteiger partial charge in [-0.15, -0.1) is 0 Å². The Morgan fingerprint density at radius 3 is 2.20 bits per heavy atom. The highest BCUT2D eigenvalue weighted by Crippen LogP contribution is 2.48. The van der Waals surface area contributed by atoms with E-state index in [4.69, 9.17) is 25.4 Å². The molecule has 0 amide bonds. The molecule has 20 heavy (non-hydrogen) atoms. The molecule has 1 rings (SSSR count). The van der Waals surface area contributed by atoms with E-state index in [0.29, 0.717) is 11.4 Å². The molecule has 0 radical (unpaired) electrons. The van der Waals surface area contributed by atoms with Gasteiger partial charge in [-0.25, -0.2) is 0 Å². The van der Waals surface area contributed by atoms with Crippen molar-refractivity contribution in [3.8, 4) is 0 Å². The summed E-state index contributed by atoms with van der Waals surface area (Å²) in [7, 11) is 0.601. The molecule has 0 saturated heterocycles. The monoisotopic (exact) mass is 320 g/mol. The molecule has 0 saturated carbocycles. The first-order valence-electron chi connectivity index (χ1n) is 5.97. The molecule has 5 nitrogen and oxygen atoms in total. The van der Waals surface area contributed by atoms with Crippen LogP contribution in [0.25, 0.3) is 0 Å². The van der Waals surface area contributed by atoms with Gasteiger partial charge in [0.1, 0.15) is 0 Å². The second-order valence-corrected chi connectivity index (χ2v) is 6.96. The van der Waals surface area contributed by atoms with E-state index in [1.807, 2.05) is 12.1 Å². The molecule has 1 atom stereocenters. The summed E-state index contributed by atoms with van der Waals surface area (Å²) in [5.74, 6) is -1.05. The number of rotatable bonds is 7. The molecule has 0 N–H and O–H groups in total. The lowest BCUT2D eigenvalue weighted by atomic mass is 10.0. The van der Waals surface area contributed by atoms with Crippen LogP contribution in [0, 0.1) is 5.92 Å². The van der Waals surface area contributed by atoms with Gasteiger partial charge in [0.25, 0.3) is 0 Å². The first-order chi connectivity index (χ1) is 9.44. The third-order valence-corrected chi connectivity index (χ3v) is 5.18. The Kier molecular flexibility index (Phi) is 6.69. The molecule has 0 fully saturated rings. The van der Waals surface area contributed by atoms with Crippen LogP contribution in [-0.2, 0) is 29.6 Å². The summed E-state index contributed by atoms with van der Waals surface area (Å²) in [6.07, 6.45) is 0.343. The lowest BCUT2D eigenvalue weighted by Crippen LogP contribution is -2.23. The smallest absolute Gasteiger partial charge is 0.331 e. The quantitative estimate of drug-likeness (QED) is 0.570. The van der Waals surface area contributed by atoms with Crippen molar-refractivity contribution in [1.82, 2.24) is 0 Å². The molecule has 0 spiro atoms. The van der Waals surface area contributed by atoms with Gasteiger partial charge < -0.3 is 13.8 Å². The highest BCUT2D eigenvalue weighted by molar-refractivity contribution is 7.53. The number of carbonyl (C=O) groups is 1. The maximum atomic E-state index is 12.2. The van der Waals surface area contributed by atoms with E-state index in [1.54, 1.807) is 12.1 Å². The van der Waals surface area contributed by atoms with Crippen LogP contribution in [0.15, 0.2) is 24.3 Å². The fourth-order valence-electron chi connectivity index (χ4n) is 1.79. The molecular formula is C13H18ClO5P. The third kappa shape index (κ3) is 4.91. The predicted octanol–water partition coefficient (Wildman–Crippen LogP) is 3.16. The number of carbonyl (C=O) groups excluding carboxylic acids is 1. The van der Waals surface area contributed by atoms with Gasteiger partial charge in [-0.05, 0) is 24.1 Å². The lowest BCUT2D eigenvalue weighted by Gasteiger charge is -2.19. The highest BCUT2D eigenvalue weighted by atomic mass is 35.5. The fourth-order valence-corrected chi connectivity index (χ4v) is 3.18. The Labute approximate surface area is 123 Å². The van der Waals surface area contributed by atoms with E-state index < -0.39 is 19.5 Å². The Morgan fingerprint density at radius 2 is 1.75 bits per heavy atom. The topological polar surface area (TPSA) is 61.8 Å². The maximum absolute atomic E-state index is 12.2. The predicted molar refractivity (Wildman–Crippen MR) is 77.2 cm³/mol. The zero-order valence-corrected chi connectivity index (χ0v) is 13.3. The average molecular weight is 321 g/mol. The molecule has 1 aromatic rings. The normalized spacial score (nSPS) is 13.0. The average Bonchev–Trinajstić information content (AvgIpc) is 2.47. The van der Waals surface area contributed by atoms with Crippen molar-refractivity contribution in [2.75, 3.05) is 27.5 Å². The minimum atomic E-state index is -3.28. The number of ether oxygens (including phenoxy) is 1. The summed E-state index contributed by atoms with van der Waals surface area (Å²) < 4.78 is 26.6.